The van der Waals surface area contributed by atoms with Crippen molar-refractivity contribution in [2.24, 2.45) is 11.8 Å². The minimum Gasteiger partial charge on any atom is -0.331 e. The van der Waals surface area contributed by atoms with Crippen molar-refractivity contribution in [2.75, 3.05) is 33.4 Å². The van der Waals surface area contributed by atoms with Crippen LogP contribution in [0.1, 0.15) is 12.8 Å². The zero-order valence-corrected chi connectivity index (χ0v) is 11.8. The van der Waals surface area contributed by atoms with Crippen LogP contribution in [0.15, 0.2) is 0 Å². The van der Waals surface area contributed by atoms with E-state index in [2.05, 4.69) is 0 Å². The SMILES string of the molecule is CN(C)C(=O)N1C[C@H]2C[C@@H](OS(C)(=O)=O)C[C@H]2C1. The monoisotopic (exact) mass is 276 g/mol. The minimum atomic E-state index is -3.37. The summed E-state index contributed by atoms with van der Waals surface area (Å²) in [5.74, 6) is 0.751. The molecule has 7 heteroatoms. The predicted octanol–water partition coefficient (Wildman–Crippen LogP) is 0.355. The van der Waals surface area contributed by atoms with E-state index in [1.807, 2.05) is 4.90 Å². The molecular formula is C11H20N2O4S. The first-order chi connectivity index (χ1) is 8.26. The zero-order valence-electron chi connectivity index (χ0n) is 11.0. The van der Waals surface area contributed by atoms with Crippen LogP contribution in [0.3, 0.4) is 0 Å². The molecule has 0 aromatic heterocycles. The highest BCUT2D eigenvalue weighted by Gasteiger charge is 2.43. The summed E-state index contributed by atoms with van der Waals surface area (Å²) in [6.07, 6.45) is 2.35. The van der Waals surface area contributed by atoms with Crippen molar-refractivity contribution in [3.05, 3.63) is 0 Å². The lowest BCUT2D eigenvalue weighted by atomic mass is 10.0. The molecule has 0 bridgehead atoms. The summed E-state index contributed by atoms with van der Waals surface area (Å²) in [7, 11) is 0.114. The molecule has 2 amide bonds. The lowest BCUT2D eigenvalue weighted by Crippen LogP contribution is -2.38. The Morgan fingerprint density at radius 2 is 1.72 bits per heavy atom. The van der Waals surface area contributed by atoms with Crippen molar-refractivity contribution in [1.82, 2.24) is 9.80 Å². The molecule has 18 heavy (non-hydrogen) atoms. The Morgan fingerprint density at radius 3 is 2.11 bits per heavy atom. The van der Waals surface area contributed by atoms with Gasteiger partial charge in [0.25, 0.3) is 10.1 Å². The Bertz CT molecular complexity index is 420. The lowest BCUT2D eigenvalue weighted by Gasteiger charge is -2.22. The van der Waals surface area contributed by atoms with E-state index in [0.29, 0.717) is 24.9 Å². The fourth-order valence-corrected chi connectivity index (χ4v) is 3.66. The second-order valence-corrected chi connectivity index (χ2v) is 7.10. The van der Waals surface area contributed by atoms with Crippen LogP contribution in [0.4, 0.5) is 4.79 Å². The van der Waals surface area contributed by atoms with Gasteiger partial charge in [0.05, 0.1) is 12.4 Å². The van der Waals surface area contributed by atoms with E-state index in [1.54, 1.807) is 19.0 Å². The van der Waals surface area contributed by atoms with Crippen molar-refractivity contribution in [3.8, 4) is 0 Å². The first kappa shape index (κ1) is 13.6. The third kappa shape index (κ3) is 2.95. The van der Waals surface area contributed by atoms with Crippen LogP contribution in [0.25, 0.3) is 0 Å². The molecule has 0 spiro atoms. The Labute approximate surface area is 108 Å². The molecule has 2 rings (SSSR count). The van der Waals surface area contributed by atoms with E-state index in [9.17, 15) is 13.2 Å². The Hall–Kier alpha value is -0.820. The van der Waals surface area contributed by atoms with Gasteiger partial charge in [-0.3, -0.25) is 4.18 Å². The number of nitrogens with zero attached hydrogens (tertiary/aromatic N) is 2. The summed E-state index contributed by atoms with van der Waals surface area (Å²) in [6.45, 7) is 1.43. The van der Waals surface area contributed by atoms with Gasteiger partial charge in [0.1, 0.15) is 0 Å². The second kappa shape index (κ2) is 4.70. The number of carbonyl (C=O) groups excluding carboxylic acids is 1. The highest BCUT2D eigenvalue weighted by atomic mass is 32.2. The number of hydrogen-bond donors (Lipinski definition) is 0. The molecule has 0 unspecified atom stereocenters. The Kier molecular flexibility index (Phi) is 3.55. The highest BCUT2D eigenvalue weighted by molar-refractivity contribution is 7.86. The summed E-state index contributed by atoms with van der Waals surface area (Å²) >= 11 is 0. The standard InChI is InChI=1S/C11H20N2O4S/c1-12(2)11(14)13-6-8-4-10(5-9(8)7-13)17-18(3,15)16/h8-10H,4-7H2,1-3H3/t8-,9+,10-. The normalized spacial score (nSPS) is 31.5. The van der Waals surface area contributed by atoms with Crippen molar-refractivity contribution in [1.29, 1.82) is 0 Å². The van der Waals surface area contributed by atoms with Gasteiger partial charge >= 0.3 is 6.03 Å². The number of rotatable bonds is 2. The smallest absolute Gasteiger partial charge is 0.319 e. The summed E-state index contributed by atoms with van der Waals surface area (Å²) in [4.78, 5) is 15.2. The number of fused-ring (bicyclic) bond motifs is 1. The molecule has 6 nitrogen and oxygen atoms in total. The molecule has 1 heterocycles. The molecule has 1 aliphatic carbocycles. The van der Waals surface area contributed by atoms with Gasteiger partial charge in [0.2, 0.25) is 0 Å². The van der Waals surface area contributed by atoms with Crippen LogP contribution >= 0.6 is 0 Å². The maximum atomic E-state index is 11.8. The highest BCUT2D eigenvalue weighted by Crippen LogP contribution is 2.40. The number of likely N-dealkylation sites (tertiary alicyclic amines) is 1. The van der Waals surface area contributed by atoms with Gasteiger partial charge in [-0.2, -0.15) is 8.42 Å². The quantitative estimate of drug-likeness (QED) is 0.683. The number of hydrogen-bond acceptors (Lipinski definition) is 4. The number of urea groups is 1. The lowest BCUT2D eigenvalue weighted by molar-refractivity contribution is 0.167. The summed E-state index contributed by atoms with van der Waals surface area (Å²) in [5, 5.41) is 0. The molecule has 0 aromatic carbocycles. The van der Waals surface area contributed by atoms with Crippen molar-refractivity contribution < 1.29 is 17.4 Å². The van der Waals surface area contributed by atoms with E-state index in [1.165, 1.54) is 0 Å². The van der Waals surface area contributed by atoms with Crippen LogP contribution in [-0.2, 0) is 14.3 Å². The van der Waals surface area contributed by atoms with Crippen LogP contribution in [0, 0.1) is 11.8 Å². The van der Waals surface area contributed by atoms with Gasteiger partial charge < -0.3 is 9.80 Å². The average molecular weight is 276 g/mol. The molecule has 0 radical (unpaired) electrons. The van der Waals surface area contributed by atoms with Crippen molar-refractivity contribution >= 4 is 16.1 Å². The Balaban J connectivity index is 1.90. The second-order valence-electron chi connectivity index (χ2n) is 5.50. The molecule has 3 atom stereocenters. The molecule has 2 aliphatic rings. The van der Waals surface area contributed by atoms with Crippen LogP contribution in [-0.4, -0.2) is 63.8 Å². The molecule has 0 N–H and O–H groups in total. The first-order valence-corrected chi connectivity index (χ1v) is 7.92. The third-order valence-electron chi connectivity index (χ3n) is 3.67. The molecule has 0 aromatic rings. The fourth-order valence-electron chi connectivity index (χ4n) is 3.01. The predicted molar refractivity (Wildman–Crippen MR) is 66.6 cm³/mol. The largest absolute Gasteiger partial charge is 0.331 e. The van der Waals surface area contributed by atoms with Crippen LogP contribution in [0.2, 0.25) is 0 Å². The molecule has 1 saturated carbocycles. The van der Waals surface area contributed by atoms with Crippen LogP contribution < -0.4 is 0 Å². The van der Waals surface area contributed by atoms with Crippen molar-refractivity contribution in [2.45, 2.75) is 18.9 Å². The van der Waals surface area contributed by atoms with Gasteiger partial charge in [-0.05, 0) is 24.7 Å². The topological polar surface area (TPSA) is 66.9 Å². The zero-order chi connectivity index (χ0) is 13.5. The van der Waals surface area contributed by atoms with Crippen LogP contribution in [0.5, 0.6) is 0 Å². The van der Waals surface area contributed by atoms with Gasteiger partial charge in [-0.1, -0.05) is 0 Å². The average Bonchev–Trinajstić information content (AvgIpc) is 2.70. The summed E-state index contributed by atoms with van der Waals surface area (Å²) < 4.78 is 27.2. The van der Waals surface area contributed by atoms with E-state index in [0.717, 1.165) is 19.1 Å². The maximum absolute atomic E-state index is 11.8. The van der Waals surface area contributed by atoms with E-state index < -0.39 is 10.1 Å². The minimum absolute atomic E-state index is 0.0324. The molecule has 1 saturated heterocycles. The van der Waals surface area contributed by atoms with Gasteiger partial charge in [0.15, 0.2) is 0 Å². The summed E-state index contributed by atoms with van der Waals surface area (Å²) in [5.41, 5.74) is 0. The van der Waals surface area contributed by atoms with Gasteiger partial charge in [0, 0.05) is 27.2 Å². The van der Waals surface area contributed by atoms with Gasteiger partial charge in [-0.15, -0.1) is 0 Å². The Morgan fingerprint density at radius 1 is 1.22 bits per heavy atom. The fraction of sp³-hybridized carbons (Fsp3) is 0.909. The number of carbonyl (C=O) groups is 1. The molecule has 1 aliphatic heterocycles. The summed E-state index contributed by atoms with van der Waals surface area (Å²) in [6, 6.07) is 0.0324. The molecule has 2 fully saturated rings. The van der Waals surface area contributed by atoms with E-state index in [-0.39, 0.29) is 12.1 Å². The first-order valence-electron chi connectivity index (χ1n) is 6.10. The van der Waals surface area contributed by atoms with Gasteiger partial charge in [-0.25, -0.2) is 4.79 Å². The number of amides is 2. The third-order valence-corrected chi connectivity index (χ3v) is 4.29. The van der Waals surface area contributed by atoms with Crippen molar-refractivity contribution in [3.63, 3.8) is 0 Å². The van der Waals surface area contributed by atoms with E-state index >= 15 is 0 Å². The molecule has 104 valence electrons. The maximum Gasteiger partial charge on any atom is 0.319 e. The van der Waals surface area contributed by atoms with E-state index in [4.69, 9.17) is 4.18 Å². The molecular weight excluding hydrogens is 256 g/mol.